The van der Waals surface area contributed by atoms with Crippen LogP contribution in [0.4, 0.5) is 17.1 Å². The minimum atomic E-state index is -0.622. The smallest absolute Gasteiger partial charge is 0.0747 e. The minimum Gasteiger partial charge on any atom is -0.310 e. The maximum atomic E-state index is 2.55. The number of nitrogens with zero attached hydrogens (tertiary/aromatic N) is 2. The molecule has 2 nitrogen and oxygen atoms in total. The summed E-state index contributed by atoms with van der Waals surface area (Å²) in [5, 5.41) is 0. The van der Waals surface area contributed by atoms with Crippen LogP contribution in [0.1, 0.15) is 47.2 Å². The van der Waals surface area contributed by atoms with Crippen LogP contribution in [0, 0.1) is 0 Å². The largest absolute Gasteiger partial charge is 0.310 e. The second-order valence-corrected chi connectivity index (χ2v) is 21.1. The summed E-state index contributed by atoms with van der Waals surface area (Å²) < 4.78 is 2.55. The summed E-state index contributed by atoms with van der Waals surface area (Å²) in [7, 11) is 0. The quantitative estimate of drug-likeness (QED) is 0.147. The highest BCUT2D eigenvalue weighted by molar-refractivity contribution is 6.05. The van der Waals surface area contributed by atoms with Gasteiger partial charge in [-0.05, 0) is 132 Å². The second kappa shape index (κ2) is 17.0. The molecule has 0 fully saturated rings. The van der Waals surface area contributed by atoms with E-state index in [9.17, 15) is 0 Å². The van der Waals surface area contributed by atoms with Crippen LogP contribution in [-0.4, -0.2) is 4.57 Å². The third-order valence-corrected chi connectivity index (χ3v) is 16.8. The lowest BCUT2D eigenvalue weighted by atomic mass is 9.69. The van der Waals surface area contributed by atoms with Gasteiger partial charge in [0.15, 0.2) is 0 Å². The molecule has 0 amide bonds. The van der Waals surface area contributed by atoms with Gasteiger partial charge in [-0.1, -0.05) is 244 Å². The average molecular weight is 969 g/mol. The first-order valence-electron chi connectivity index (χ1n) is 26.6. The molecule has 15 rings (SSSR count). The Morgan fingerprint density at radius 3 is 1.36 bits per heavy atom. The lowest BCUT2D eigenvalue weighted by Crippen LogP contribution is -2.27. The van der Waals surface area contributed by atoms with Crippen LogP contribution in [0.25, 0.3) is 83.8 Å². The van der Waals surface area contributed by atoms with Gasteiger partial charge in [-0.15, -0.1) is 0 Å². The van der Waals surface area contributed by atoms with E-state index in [-0.39, 0.29) is 5.41 Å². The van der Waals surface area contributed by atoms with Gasteiger partial charge in [0.1, 0.15) is 0 Å². The lowest BCUT2D eigenvalue weighted by Gasteiger charge is -2.32. The Balaban J connectivity index is 0.939. The number of para-hydroxylation sites is 1. The van der Waals surface area contributed by atoms with Crippen molar-refractivity contribution in [1.29, 1.82) is 0 Å². The van der Waals surface area contributed by atoms with Crippen molar-refractivity contribution < 1.29 is 0 Å². The molecule has 1 unspecified atom stereocenters. The fraction of sp³-hybridized carbons (Fsp3) is 0.0541. The number of benzene rings is 11. The van der Waals surface area contributed by atoms with E-state index in [1.165, 1.54) is 117 Å². The topological polar surface area (TPSA) is 8.17 Å². The molecule has 11 aromatic carbocycles. The molecule has 358 valence electrons. The van der Waals surface area contributed by atoms with Crippen LogP contribution >= 0.6 is 0 Å². The number of hydrogen-bond acceptors (Lipinski definition) is 1. The summed E-state index contributed by atoms with van der Waals surface area (Å²) in [6.07, 6.45) is 0. The van der Waals surface area contributed by atoms with Crippen molar-refractivity contribution in [2.75, 3.05) is 4.90 Å². The predicted octanol–water partition coefficient (Wildman–Crippen LogP) is 19.3. The highest BCUT2D eigenvalue weighted by atomic mass is 15.1. The van der Waals surface area contributed by atoms with Crippen LogP contribution in [0.2, 0.25) is 0 Å². The van der Waals surface area contributed by atoms with E-state index in [2.05, 4.69) is 302 Å². The zero-order valence-corrected chi connectivity index (χ0v) is 42.5. The molecule has 0 N–H and O–H groups in total. The van der Waals surface area contributed by atoms with E-state index in [0.717, 1.165) is 17.1 Å². The highest BCUT2D eigenvalue weighted by Crippen LogP contribution is 2.67. The SMILES string of the molecule is CC1(C)c2ccccc2-c2c(N(c3ccc(-c4ccccc4)cc3)c3ccc(-c4ccc5c(c4)C4(c6ccccc6-5)c5ccccc5-c5c4c(-c4ccccc4)n(-c4ccccc4)c5-c4ccccc4)cc3)cccc21. The Morgan fingerprint density at radius 1 is 0.303 bits per heavy atom. The van der Waals surface area contributed by atoms with Crippen molar-refractivity contribution >= 4 is 17.1 Å². The van der Waals surface area contributed by atoms with Gasteiger partial charge >= 0.3 is 0 Å². The van der Waals surface area contributed by atoms with Crippen molar-refractivity contribution in [2.24, 2.45) is 0 Å². The fourth-order valence-corrected chi connectivity index (χ4v) is 13.5. The molecule has 12 aromatic rings. The Kier molecular flexibility index (Phi) is 9.86. The van der Waals surface area contributed by atoms with Crippen molar-refractivity contribution in [2.45, 2.75) is 24.7 Å². The molecule has 76 heavy (non-hydrogen) atoms. The van der Waals surface area contributed by atoms with E-state index in [0.29, 0.717) is 0 Å². The summed E-state index contributed by atoms with van der Waals surface area (Å²) in [4.78, 5) is 2.47. The van der Waals surface area contributed by atoms with E-state index >= 15 is 0 Å². The van der Waals surface area contributed by atoms with Crippen LogP contribution in [0.3, 0.4) is 0 Å². The van der Waals surface area contributed by atoms with Crippen molar-refractivity contribution in [3.63, 3.8) is 0 Å². The Bertz CT molecular complexity index is 4170. The Labute approximate surface area is 445 Å². The van der Waals surface area contributed by atoms with E-state index in [1.54, 1.807) is 0 Å². The molecule has 0 aliphatic heterocycles. The van der Waals surface area contributed by atoms with Crippen LogP contribution in [0.15, 0.2) is 279 Å². The van der Waals surface area contributed by atoms with E-state index < -0.39 is 5.41 Å². The number of rotatable bonds is 8. The molecule has 3 aliphatic carbocycles. The maximum absolute atomic E-state index is 2.55. The summed E-state index contributed by atoms with van der Waals surface area (Å²) in [5.41, 5.74) is 29.0. The zero-order chi connectivity index (χ0) is 50.5. The van der Waals surface area contributed by atoms with Crippen molar-refractivity contribution in [1.82, 2.24) is 4.57 Å². The molecule has 3 aliphatic rings. The van der Waals surface area contributed by atoms with Crippen molar-refractivity contribution in [3.05, 3.63) is 312 Å². The molecule has 1 aromatic heterocycles. The van der Waals surface area contributed by atoms with Crippen LogP contribution in [0.5, 0.6) is 0 Å². The van der Waals surface area contributed by atoms with Gasteiger partial charge in [0.05, 0.1) is 22.5 Å². The van der Waals surface area contributed by atoms with Gasteiger partial charge in [0, 0.05) is 39.2 Å². The normalized spacial score (nSPS) is 14.9. The van der Waals surface area contributed by atoms with E-state index in [4.69, 9.17) is 0 Å². The molecular formula is C74H52N2. The molecule has 1 heterocycles. The molecule has 2 heteroatoms. The van der Waals surface area contributed by atoms with E-state index in [1.807, 2.05) is 0 Å². The van der Waals surface area contributed by atoms with Crippen LogP contribution in [-0.2, 0) is 10.8 Å². The summed E-state index contributed by atoms with van der Waals surface area (Å²) in [6, 6.07) is 104. The molecule has 1 spiro atoms. The number of hydrogen-bond donors (Lipinski definition) is 0. The molecule has 0 radical (unpaired) electrons. The maximum Gasteiger partial charge on any atom is 0.0747 e. The fourth-order valence-electron chi connectivity index (χ4n) is 13.5. The van der Waals surface area contributed by atoms with Gasteiger partial charge < -0.3 is 9.47 Å². The second-order valence-electron chi connectivity index (χ2n) is 21.1. The molecule has 0 bridgehead atoms. The molecule has 1 atom stereocenters. The van der Waals surface area contributed by atoms with Gasteiger partial charge in [-0.2, -0.15) is 0 Å². The summed E-state index contributed by atoms with van der Waals surface area (Å²) >= 11 is 0. The van der Waals surface area contributed by atoms with Gasteiger partial charge in [0.25, 0.3) is 0 Å². The summed E-state index contributed by atoms with van der Waals surface area (Å²) in [5.74, 6) is 0. The molecular weight excluding hydrogens is 917 g/mol. The van der Waals surface area contributed by atoms with Gasteiger partial charge in [0.2, 0.25) is 0 Å². The number of anilines is 3. The third kappa shape index (κ3) is 6.34. The van der Waals surface area contributed by atoms with Crippen molar-refractivity contribution in [3.8, 4) is 83.8 Å². The molecule has 0 saturated carbocycles. The first-order chi connectivity index (χ1) is 37.5. The Hall–Kier alpha value is -9.50. The highest BCUT2D eigenvalue weighted by Gasteiger charge is 2.55. The number of aromatic nitrogens is 1. The zero-order valence-electron chi connectivity index (χ0n) is 42.5. The first-order valence-corrected chi connectivity index (χ1v) is 26.6. The minimum absolute atomic E-state index is 0.130. The molecule has 0 saturated heterocycles. The third-order valence-electron chi connectivity index (χ3n) is 16.8. The average Bonchev–Trinajstić information content (AvgIpc) is 4.12. The predicted molar refractivity (Wildman–Crippen MR) is 316 cm³/mol. The number of fused-ring (bicyclic) bond motifs is 13. The monoisotopic (exact) mass is 968 g/mol. The summed E-state index contributed by atoms with van der Waals surface area (Å²) in [6.45, 7) is 4.73. The Morgan fingerprint density at radius 2 is 0.737 bits per heavy atom. The van der Waals surface area contributed by atoms with Crippen LogP contribution < -0.4 is 4.90 Å². The van der Waals surface area contributed by atoms with Gasteiger partial charge in [-0.25, -0.2) is 0 Å². The standard InChI is InChI=1S/C74H52N2/c1-73(2)62-33-18-16-31-60(62)68-65(73)36-21-37-67(68)75(56-43-38-50(39-44-56)49-22-7-3-8-23-49)57-45-40-51(41-46-57)54-42-47-59-58-30-15-19-34-63(58)74(66(59)48-54)64-35-20-17-32-61(64)69-70(74)72(53-26-11-5-12-27-53)76(55-28-13-6-14-29-55)71(69)52-24-9-4-10-25-52/h3-48H,1-2H3. The lowest BCUT2D eigenvalue weighted by molar-refractivity contribution is 0.660. The van der Waals surface area contributed by atoms with Gasteiger partial charge in [-0.3, -0.25) is 0 Å². The first kappa shape index (κ1) is 44.0.